The van der Waals surface area contributed by atoms with E-state index >= 15 is 0 Å². The number of ether oxygens (including phenoxy) is 1. The van der Waals surface area contributed by atoms with Crippen LogP contribution in [-0.2, 0) is 16.1 Å². The smallest absolute Gasteiger partial charge is 0.228 e. The molecule has 1 saturated carbocycles. The van der Waals surface area contributed by atoms with Gasteiger partial charge < -0.3 is 19.0 Å². The second-order valence-corrected chi connectivity index (χ2v) is 8.09. The van der Waals surface area contributed by atoms with Crippen molar-refractivity contribution in [2.24, 2.45) is 11.3 Å². The first-order chi connectivity index (χ1) is 14.2. The van der Waals surface area contributed by atoms with E-state index in [0.717, 1.165) is 37.5 Å². The van der Waals surface area contributed by atoms with Gasteiger partial charge in [-0.15, -0.1) is 0 Å². The Kier molecular flexibility index (Phi) is 6.13. The second kappa shape index (κ2) is 8.95. The fourth-order valence-corrected chi connectivity index (χ4v) is 4.63. The SMILES string of the molecule is CCOCCCN(Cc1ccco1)C(=O)C1CN(c2ncccn2)CC12CCC2. The molecule has 0 bridgehead atoms. The van der Waals surface area contributed by atoms with E-state index in [4.69, 9.17) is 9.15 Å². The first kappa shape index (κ1) is 19.9. The van der Waals surface area contributed by atoms with Gasteiger partial charge in [0.1, 0.15) is 5.76 Å². The minimum atomic E-state index is -0.0258. The molecule has 0 aromatic carbocycles. The molecule has 1 aliphatic heterocycles. The Morgan fingerprint density at radius 3 is 2.83 bits per heavy atom. The van der Waals surface area contributed by atoms with Gasteiger partial charge in [-0.05, 0) is 44.4 Å². The van der Waals surface area contributed by atoms with E-state index < -0.39 is 0 Å². The third-order valence-corrected chi connectivity index (χ3v) is 6.29. The van der Waals surface area contributed by atoms with E-state index in [1.807, 2.05) is 30.0 Å². The highest BCUT2D eigenvalue weighted by atomic mass is 16.5. The van der Waals surface area contributed by atoms with E-state index in [0.29, 0.717) is 32.8 Å². The van der Waals surface area contributed by atoms with Crippen LogP contribution in [0.5, 0.6) is 0 Å². The van der Waals surface area contributed by atoms with Crippen molar-refractivity contribution in [2.75, 3.05) is 37.7 Å². The van der Waals surface area contributed by atoms with Crippen LogP contribution in [-0.4, -0.2) is 53.6 Å². The van der Waals surface area contributed by atoms with Crippen LogP contribution in [0.4, 0.5) is 5.95 Å². The number of rotatable bonds is 9. The third-order valence-electron chi connectivity index (χ3n) is 6.29. The van der Waals surface area contributed by atoms with Crippen LogP contribution >= 0.6 is 0 Å². The molecular formula is C22H30N4O3. The zero-order chi connectivity index (χ0) is 20.1. The normalized spacial score (nSPS) is 20.0. The summed E-state index contributed by atoms with van der Waals surface area (Å²) < 4.78 is 11.0. The van der Waals surface area contributed by atoms with Gasteiger partial charge in [0, 0.05) is 50.7 Å². The van der Waals surface area contributed by atoms with Crippen LogP contribution in [0, 0.1) is 11.3 Å². The minimum Gasteiger partial charge on any atom is -0.467 e. The van der Waals surface area contributed by atoms with Crippen LogP contribution in [0.2, 0.25) is 0 Å². The number of carbonyl (C=O) groups excluding carboxylic acids is 1. The van der Waals surface area contributed by atoms with Crippen LogP contribution in [0.15, 0.2) is 41.3 Å². The molecule has 7 heteroatoms. The number of amides is 1. The summed E-state index contributed by atoms with van der Waals surface area (Å²) in [7, 11) is 0. The standard InChI is InChI=1S/C22H30N4O3/c1-2-28-13-6-12-25(15-18-7-3-14-29-18)20(27)19-16-26(17-22(19)8-4-9-22)21-23-10-5-11-24-21/h3,5,7,10-11,14,19H,2,4,6,8-9,12-13,15-17H2,1H3. The summed E-state index contributed by atoms with van der Waals surface area (Å²) in [6.07, 6.45) is 9.40. The van der Waals surface area contributed by atoms with Crippen molar-refractivity contribution < 1.29 is 13.9 Å². The maximum absolute atomic E-state index is 13.7. The molecule has 7 nitrogen and oxygen atoms in total. The second-order valence-electron chi connectivity index (χ2n) is 8.09. The van der Waals surface area contributed by atoms with E-state index in [9.17, 15) is 4.79 Å². The predicted molar refractivity (Wildman–Crippen MR) is 109 cm³/mol. The van der Waals surface area contributed by atoms with Gasteiger partial charge in [-0.2, -0.15) is 0 Å². The number of hydrogen-bond donors (Lipinski definition) is 0. The molecule has 1 atom stereocenters. The Morgan fingerprint density at radius 2 is 2.17 bits per heavy atom. The molecule has 2 aliphatic rings. The number of carbonyl (C=O) groups is 1. The molecule has 0 N–H and O–H groups in total. The summed E-state index contributed by atoms with van der Waals surface area (Å²) in [5.74, 6) is 1.74. The highest BCUT2D eigenvalue weighted by Crippen LogP contribution is 2.52. The fraction of sp³-hybridized carbons (Fsp3) is 0.591. The number of hydrogen-bond acceptors (Lipinski definition) is 6. The molecule has 1 aliphatic carbocycles. The quantitative estimate of drug-likeness (QED) is 0.605. The topological polar surface area (TPSA) is 71.7 Å². The van der Waals surface area contributed by atoms with Gasteiger partial charge in [0.05, 0.1) is 18.7 Å². The van der Waals surface area contributed by atoms with Crippen LogP contribution in [0.3, 0.4) is 0 Å². The maximum Gasteiger partial charge on any atom is 0.228 e. The Bertz CT molecular complexity index is 777. The number of anilines is 1. The van der Waals surface area contributed by atoms with Crippen molar-refractivity contribution in [2.45, 2.75) is 39.2 Å². The highest BCUT2D eigenvalue weighted by molar-refractivity contribution is 5.81. The number of furan rings is 1. The lowest BCUT2D eigenvalue weighted by Crippen LogP contribution is -2.47. The van der Waals surface area contributed by atoms with Crippen molar-refractivity contribution in [1.82, 2.24) is 14.9 Å². The summed E-state index contributed by atoms with van der Waals surface area (Å²) in [6, 6.07) is 5.63. The van der Waals surface area contributed by atoms with E-state index in [-0.39, 0.29) is 17.2 Å². The van der Waals surface area contributed by atoms with Crippen molar-refractivity contribution in [3.8, 4) is 0 Å². The Balaban J connectivity index is 1.50. The summed E-state index contributed by atoms with van der Waals surface area (Å²) >= 11 is 0. The van der Waals surface area contributed by atoms with Gasteiger partial charge in [0.2, 0.25) is 11.9 Å². The number of nitrogens with zero attached hydrogens (tertiary/aromatic N) is 4. The fourth-order valence-electron chi connectivity index (χ4n) is 4.63. The lowest BCUT2D eigenvalue weighted by atomic mass is 9.62. The van der Waals surface area contributed by atoms with Crippen molar-refractivity contribution in [3.05, 3.63) is 42.6 Å². The summed E-state index contributed by atoms with van der Waals surface area (Å²) in [5.41, 5.74) is 0.0532. The summed E-state index contributed by atoms with van der Waals surface area (Å²) in [4.78, 5) is 26.7. The van der Waals surface area contributed by atoms with Gasteiger partial charge in [0.15, 0.2) is 0 Å². The largest absolute Gasteiger partial charge is 0.467 e. The molecule has 3 heterocycles. The van der Waals surface area contributed by atoms with E-state index in [2.05, 4.69) is 14.9 Å². The van der Waals surface area contributed by atoms with Crippen LogP contribution in [0.1, 0.15) is 38.4 Å². The minimum absolute atomic E-state index is 0.0258. The van der Waals surface area contributed by atoms with Gasteiger partial charge in [-0.25, -0.2) is 9.97 Å². The Hall–Kier alpha value is -2.41. The number of aromatic nitrogens is 2. The molecule has 1 spiro atoms. The van der Waals surface area contributed by atoms with Gasteiger partial charge >= 0.3 is 0 Å². The van der Waals surface area contributed by atoms with Crippen LogP contribution < -0.4 is 4.90 Å². The first-order valence-corrected chi connectivity index (χ1v) is 10.6. The van der Waals surface area contributed by atoms with E-state index in [1.54, 1.807) is 18.7 Å². The van der Waals surface area contributed by atoms with Crippen molar-refractivity contribution in [1.29, 1.82) is 0 Å². The molecule has 29 heavy (non-hydrogen) atoms. The summed E-state index contributed by atoms with van der Waals surface area (Å²) in [5, 5.41) is 0. The molecule has 4 rings (SSSR count). The Labute approximate surface area is 172 Å². The zero-order valence-corrected chi connectivity index (χ0v) is 17.1. The van der Waals surface area contributed by atoms with E-state index in [1.165, 1.54) is 6.42 Å². The summed E-state index contributed by atoms with van der Waals surface area (Å²) in [6.45, 7) is 6.08. The zero-order valence-electron chi connectivity index (χ0n) is 17.1. The average molecular weight is 399 g/mol. The first-order valence-electron chi connectivity index (χ1n) is 10.6. The predicted octanol–water partition coefficient (Wildman–Crippen LogP) is 3.13. The third kappa shape index (κ3) is 4.29. The lowest BCUT2D eigenvalue weighted by Gasteiger charge is -2.43. The molecule has 1 amide bonds. The Morgan fingerprint density at radius 1 is 1.34 bits per heavy atom. The molecular weight excluding hydrogens is 368 g/mol. The lowest BCUT2D eigenvalue weighted by molar-refractivity contribution is -0.141. The van der Waals surface area contributed by atoms with Gasteiger partial charge in [0.25, 0.3) is 0 Å². The molecule has 1 saturated heterocycles. The maximum atomic E-state index is 13.7. The van der Waals surface area contributed by atoms with Crippen molar-refractivity contribution in [3.63, 3.8) is 0 Å². The molecule has 0 radical (unpaired) electrons. The average Bonchev–Trinajstić information content (AvgIpc) is 3.38. The molecule has 2 aromatic heterocycles. The van der Waals surface area contributed by atoms with Gasteiger partial charge in [-0.3, -0.25) is 4.79 Å². The van der Waals surface area contributed by atoms with Gasteiger partial charge in [-0.1, -0.05) is 6.42 Å². The molecule has 2 fully saturated rings. The van der Waals surface area contributed by atoms with Crippen molar-refractivity contribution >= 4 is 11.9 Å². The van der Waals surface area contributed by atoms with Crippen LogP contribution in [0.25, 0.3) is 0 Å². The monoisotopic (exact) mass is 398 g/mol. The highest BCUT2D eigenvalue weighted by Gasteiger charge is 2.54. The molecule has 1 unspecified atom stereocenters. The molecule has 2 aromatic rings. The molecule has 156 valence electrons.